The quantitative estimate of drug-likeness (QED) is 0.141. The minimum absolute atomic E-state index is 0.0227. The molecule has 162 valence electrons. The number of aliphatic imine (C=N–C) groups is 1. The lowest BCUT2D eigenvalue weighted by molar-refractivity contribution is -0.124. The number of primary amides is 1. The predicted molar refractivity (Wildman–Crippen MR) is 98.9 cm³/mol. The first-order valence-electron chi connectivity index (χ1n) is 8.39. The van der Waals surface area contributed by atoms with Crippen LogP contribution in [0.25, 0.3) is 0 Å². The number of hydrogen-bond acceptors (Lipinski definition) is 8. The number of rotatable bonds is 10. The number of carbonyl (C=O) groups excluding carboxylic acids is 2. The number of thioether (sulfide) groups is 1. The Labute approximate surface area is 172 Å². The first-order chi connectivity index (χ1) is 14.3. The molecule has 1 aromatic heterocycles. The van der Waals surface area contributed by atoms with Crippen molar-refractivity contribution in [3.8, 4) is 0 Å². The fourth-order valence-electron chi connectivity index (χ4n) is 2.11. The van der Waals surface area contributed by atoms with Crippen LogP contribution in [0.3, 0.4) is 0 Å². The molecule has 1 heterocycles. The normalized spacial score (nSPS) is 11.6. The Balaban J connectivity index is 2.03. The Bertz CT molecular complexity index is 924. The van der Waals surface area contributed by atoms with Crippen LogP contribution in [0, 0.1) is 5.82 Å². The molecule has 0 fully saturated rings. The molecule has 2 aromatic rings. The first kappa shape index (κ1) is 23.2. The van der Waals surface area contributed by atoms with Crippen molar-refractivity contribution in [2.45, 2.75) is 24.3 Å². The smallest absolute Gasteiger partial charge is 0.266 e. The fraction of sp³-hybridized carbons (Fsp3) is 0.312. The number of benzene rings is 1. The zero-order valence-corrected chi connectivity index (χ0v) is 16.1. The van der Waals surface area contributed by atoms with E-state index in [0.717, 1.165) is 30.0 Å². The van der Waals surface area contributed by atoms with Crippen LogP contribution >= 0.6 is 11.8 Å². The number of hydroxylamine groups is 1. The van der Waals surface area contributed by atoms with Crippen LogP contribution in [0.2, 0.25) is 0 Å². The van der Waals surface area contributed by atoms with Crippen LogP contribution < -0.4 is 16.5 Å². The third kappa shape index (κ3) is 6.73. The van der Waals surface area contributed by atoms with E-state index < -0.39 is 23.7 Å². The summed E-state index contributed by atoms with van der Waals surface area (Å²) in [5.74, 6) is -1.95. The Morgan fingerprint density at radius 2 is 2.07 bits per heavy atom. The van der Waals surface area contributed by atoms with Gasteiger partial charge in [0.15, 0.2) is 16.6 Å². The van der Waals surface area contributed by atoms with Crippen LogP contribution in [0.5, 0.6) is 0 Å². The predicted octanol–water partition coefficient (Wildman–Crippen LogP) is 1.68. The third-order valence-electron chi connectivity index (χ3n) is 3.51. The number of nitrogens with zero attached hydrogens (tertiary/aromatic N) is 3. The van der Waals surface area contributed by atoms with E-state index in [9.17, 15) is 28.0 Å². The van der Waals surface area contributed by atoms with Gasteiger partial charge in [0.1, 0.15) is 5.82 Å². The maximum absolute atomic E-state index is 13.4. The van der Waals surface area contributed by atoms with Crippen molar-refractivity contribution in [2.75, 3.05) is 12.3 Å². The summed E-state index contributed by atoms with van der Waals surface area (Å²) in [6.45, 7) is 0.225. The molecule has 0 atom stereocenters. The topological polar surface area (TPSA) is 156 Å². The maximum atomic E-state index is 13.4. The molecule has 0 aliphatic heterocycles. The van der Waals surface area contributed by atoms with Gasteiger partial charge in [-0.15, -0.1) is 0 Å². The van der Waals surface area contributed by atoms with Gasteiger partial charge in [0.25, 0.3) is 6.43 Å². The summed E-state index contributed by atoms with van der Waals surface area (Å²) in [5, 5.41) is 19.4. The zero-order chi connectivity index (χ0) is 22.1. The summed E-state index contributed by atoms with van der Waals surface area (Å²) in [5.41, 5.74) is 5.81. The van der Waals surface area contributed by atoms with Crippen molar-refractivity contribution in [3.05, 3.63) is 35.3 Å². The first-order valence-corrected chi connectivity index (χ1v) is 9.37. The standard InChI is InChI=1S/C16H17F3N6O4S/c17-10-2-1-8(7-9(10)14(18)19)22-15(23-28)13-16(25-29-24-13)30-6-5-21-12(27)4-3-11(20)26/h1-2,7,14,28H,3-6H2,(H2,20,26)(H,21,27)(H,22,23). The molecular weight excluding hydrogens is 429 g/mol. The van der Waals surface area contributed by atoms with E-state index in [1.807, 2.05) is 0 Å². The Morgan fingerprint density at radius 1 is 1.30 bits per heavy atom. The van der Waals surface area contributed by atoms with Crippen molar-refractivity contribution >= 4 is 35.1 Å². The molecule has 14 heteroatoms. The van der Waals surface area contributed by atoms with Crippen LogP contribution in [-0.2, 0) is 9.59 Å². The molecule has 2 amide bonds. The number of alkyl halides is 2. The van der Waals surface area contributed by atoms with Gasteiger partial charge in [0, 0.05) is 25.1 Å². The second-order valence-corrected chi connectivity index (χ2v) is 6.75. The summed E-state index contributed by atoms with van der Waals surface area (Å²) in [4.78, 5) is 26.1. The van der Waals surface area contributed by atoms with Crippen molar-refractivity contribution in [1.82, 2.24) is 21.1 Å². The van der Waals surface area contributed by atoms with Gasteiger partial charge in [-0.05, 0) is 28.5 Å². The number of hydrogen-bond donors (Lipinski definition) is 4. The van der Waals surface area contributed by atoms with E-state index in [1.54, 1.807) is 5.48 Å². The van der Waals surface area contributed by atoms with Crippen molar-refractivity contribution < 1.29 is 32.6 Å². The second-order valence-electron chi connectivity index (χ2n) is 5.66. The number of nitrogens with two attached hydrogens (primary N) is 1. The Kier molecular flexibility index (Phi) is 8.61. The summed E-state index contributed by atoms with van der Waals surface area (Å²) >= 11 is 1.10. The largest absolute Gasteiger partial charge is 0.370 e. The molecule has 0 aliphatic rings. The van der Waals surface area contributed by atoms with E-state index in [-0.39, 0.29) is 47.5 Å². The second kappa shape index (κ2) is 11.2. The van der Waals surface area contributed by atoms with Crippen molar-refractivity contribution in [1.29, 1.82) is 0 Å². The van der Waals surface area contributed by atoms with Gasteiger partial charge >= 0.3 is 0 Å². The lowest BCUT2D eigenvalue weighted by atomic mass is 10.2. The van der Waals surface area contributed by atoms with Gasteiger partial charge in [0.05, 0.1) is 11.3 Å². The van der Waals surface area contributed by atoms with Crippen molar-refractivity contribution in [2.24, 2.45) is 10.7 Å². The van der Waals surface area contributed by atoms with E-state index in [2.05, 4.69) is 25.3 Å². The van der Waals surface area contributed by atoms with Gasteiger partial charge < -0.3 is 11.1 Å². The Morgan fingerprint density at radius 3 is 2.73 bits per heavy atom. The van der Waals surface area contributed by atoms with Crippen molar-refractivity contribution in [3.63, 3.8) is 0 Å². The maximum Gasteiger partial charge on any atom is 0.266 e. The molecule has 0 spiro atoms. The highest BCUT2D eigenvalue weighted by atomic mass is 32.2. The number of aromatic nitrogens is 2. The van der Waals surface area contributed by atoms with E-state index in [1.165, 1.54) is 0 Å². The zero-order valence-electron chi connectivity index (χ0n) is 15.3. The highest BCUT2D eigenvalue weighted by Crippen LogP contribution is 2.27. The number of carbonyl (C=O) groups is 2. The van der Waals surface area contributed by atoms with Crippen LogP contribution in [0.15, 0.2) is 32.8 Å². The number of halogens is 3. The molecule has 0 unspecified atom stereocenters. The minimum atomic E-state index is -3.04. The Hall–Kier alpha value is -3.13. The van der Waals surface area contributed by atoms with Crippen LogP contribution in [0.1, 0.15) is 30.5 Å². The number of amidine groups is 1. The minimum Gasteiger partial charge on any atom is -0.370 e. The molecule has 0 saturated carbocycles. The SMILES string of the molecule is NC(=O)CCC(=O)NCCSc1nonc1C(=Nc1ccc(F)c(C(F)F)c1)NO. The summed E-state index contributed by atoms with van der Waals surface area (Å²) < 4.78 is 43.7. The summed E-state index contributed by atoms with van der Waals surface area (Å²) in [7, 11) is 0. The van der Waals surface area contributed by atoms with E-state index in [0.29, 0.717) is 5.75 Å². The monoisotopic (exact) mass is 446 g/mol. The highest BCUT2D eigenvalue weighted by molar-refractivity contribution is 7.99. The lowest BCUT2D eigenvalue weighted by Gasteiger charge is -2.06. The molecule has 30 heavy (non-hydrogen) atoms. The third-order valence-corrected chi connectivity index (χ3v) is 4.46. The molecule has 10 nitrogen and oxygen atoms in total. The van der Waals surface area contributed by atoms with Gasteiger partial charge in [-0.1, -0.05) is 11.8 Å². The molecular formula is C16H17F3N6O4S. The summed E-state index contributed by atoms with van der Waals surface area (Å²) in [6, 6.07) is 2.80. The lowest BCUT2D eigenvalue weighted by Crippen LogP contribution is -2.27. The molecule has 0 bridgehead atoms. The van der Waals surface area contributed by atoms with E-state index in [4.69, 9.17) is 5.73 Å². The highest BCUT2D eigenvalue weighted by Gasteiger charge is 2.18. The number of amides is 2. The molecule has 5 N–H and O–H groups in total. The van der Waals surface area contributed by atoms with Gasteiger partial charge in [0.2, 0.25) is 11.8 Å². The summed E-state index contributed by atoms with van der Waals surface area (Å²) in [6.07, 6.45) is -3.13. The van der Waals surface area contributed by atoms with Crippen LogP contribution in [-0.4, -0.2) is 45.5 Å². The average molecular weight is 446 g/mol. The molecule has 1 aromatic carbocycles. The molecule has 2 rings (SSSR count). The van der Waals surface area contributed by atoms with Gasteiger partial charge in [-0.2, -0.15) is 0 Å². The molecule has 0 aliphatic carbocycles. The van der Waals surface area contributed by atoms with Crippen LogP contribution in [0.4, 0.5) is 18.9 Å². The molecule has 0 radical (unpaired) electrons. The van der Waals surface area contributed by atoms with Gasteiger partial charge in [-0.3, -0.25) is 20.3 Å². The number of nitrogens with one attached hydrogen (secondary N) is 2. The van der Waals surface area contributed by atoms with Gasteiger partial charge in [-0.25, -0.2) is 22.8 Å². The molecule has 0 saturated heterocycles. The van der Waals surface area contributed by atoms with E-state index >= 15 is 0 Å². The fourth-order valence-corrected chi connectivity index (χ4v) is 2.87. The average Bonchev–Trinajstić information content (AvgIpc) is 3.17.